The fraction of sp³-hybridized carbons (Fsp3) is 0.286. The van der Waals surface area contributed by atoms with E-state index in [2.05, 4.69) is 25.6 Å². The zero-order chi connectivity index (χ0) is 24.0. The third-order valence-electron chi connectivity index (χ3n) is 5.50. The van der Waals surface area contributed by atoms with Gasteiger partial charge in [-0.15, -0.1) is 0 Å². The van der Waals surface area contributed by atoms with Crippen LogP contribution in [0.1, 0.15) is 30.0 Å². The van der Waals surface area contributed by atoms with Crippen molar-refractivity contribution in [3.05, 3.63) is 54.0 Å². The fourth-order valence-corrected chi connectivity index (χ4v) is 4.27. The first-order valence-corrected chi connectivity index (χ1v) is 12.4. The molecule has 1 aromatic carbocycles. The number of halogens is 1. The van der Waals surface area contributed by atoms with Gasteiger partial charge in [0.05, 0.1) is 10.6 Å². The first-order valence-electron chi connectivity index (χ1n) is 10.5. The van der Waals surface area contributed by atoms with Crippen LogP contribution in [0, 0.1) is 12.7 Å². The molecule has 0 bridgehead atoms. The lowest BCUT2D eigenvalue weighted by molar-refractivity contribution is 0.596. The van der Waals surface area contributed by atoms with E-state index in [0.717, 1.165) is 36.4 Å². The molecule has 3 aromatic heterocycles. The molecule has 4 aromatic rings. The maximum Gasteiger partial charge on any atom is 0.233 e. The summed E-state index contributed by atoms with van der Waals surface area (Å²) < 4.78 is 40.1. The Hall–Kier alpha value is -3.87. The molecule has 11 nitrogen and oxygen atoms in total. The van der Waals surface area contributed by atoms with Crippen molar-refractivity contribution >= 4 is 33.1 Å². The smallest absolute Gasteiger partial charge is 0.233 e. The van der Waals surface area contributed by atoms with Crippen molar-refractivity contribution in [3.63, 3.8) is 0 Å². The van der Waals surface area contributed by atoms with Crippen LogP contribution in [0.25, 0.3) is 5.82 Å². The van der Waals surface area contributed by atoms with Gasteiger partial charge in [-0.3, -0.25) is 5.10 Å². The van der Waals surface area contributed by atoms with Gasteiger partial charge in [0, 0.05) is 30.6 Å². The van der Waals surface area contributed by atoms with E-state index in [0.29, 0.717) is 17.5 Å². The van der Waals surface area contributed by atoms with Gasteiger partial charge in [0.25, 0.3) is 0 Å². The van der Waals surface area contributed by atoms with E-state index in [1.54, 1.807) is 18.1 Å². The maximum atomic E-state index is 14.9. The van der Waals surface area contributed by atoms with Gasteiger partial charge in [-0.2, -0.15) is 20.2 Å². The van der Waals surface area contributed by atoms with Crippen molar-refractivity contribution in [1.82, 2.24) is 34.9 Å². The topological polar surface area (TPSA) is 135 Å². The molecular weight excluding hydrogens is 461 g/mol. The molecule has 34 heavy (non-hydrogen) atoms. The minimum atomic E-state index is -3.54. The minimum absolute atomic E-state index is 0.105. The number of nitrogens with zero attached hydrogens (tertiary/aromatic N) is 7. The number of hydrogen-bond donors (Lipinski definition) is 2. The summed E-state index contributed by atoms with van der Waals surface area (Å²) >= 11 is 0. The molecule has 0 spiro atoms. The van der Waals surface area contributed by atoms with Crippen LogP contribution >= 0.6 is 0 Å². The first kappa shape index (κ1) is 21.9. The van der Waals surface area contributed by atoms with E-state index in [1.165, 1.54) is 23.4 Å². The number of anilines is 4. The van der Waals surface area contributed by atoms with Gasteiger partial charge >= 0.3 is 0 Å². The van der Waals surface area contributed by atoms with Crippen LogP contribution in [0.3, 0.4) is 0 Å². The summed E-state index contributed by atoms with van der Waals surface area (Å²) in [5.74, 6) is 1.37. The monoisotopic (exact) mass is 483 g/mol. The molecule has 1 aliphatic carbocycles. The summed E-state index contributed by atoms with van der Waals surface area (Å²) in [6.07, 6.45) is 5.95. The molecule has 0 saturated heterocycles. The SMILES string of the molecule is Cc1cc(Nc2nc(N(C)c3ccc(S(C)(=O)=O)cc3F)nc(-n3cncn3)c2C2CC2)n[nH]1. The third kappa shape index (κ3) is 4.21. The molecule has 13 heteroatoms. The van der Waals surface area contributed by atoms with Crippen LogP contribution in [0.4, 0.5) is 27.7 Å². The standard InChI is InChI=1S/C21H22FN9O2S/c1-12-8-17(29-28-12)25-19-18(13-4-5-13)20(31-11-23-10-24-31)27-21(26-19)30(2)16-7-6-14(9-15(16)22)34(3,32)33/h6-11,13H,4-5H2,1-3H3,(H2,25,26,27,28,29). The Bertz CT molecular complexity index is 1460. The summed E-state index contributed by atoms with van der Waals surface area (Å²) in [5.41, 5.74) is 1.88. The number of H-pyrrole nitrogens is 1. The second kappa shape index (κ2) is 8.17. The zero-order valence-electron chi connectivity index (χ0n) is 18.7. The summed E-state index contributed by atoms with van der Waals surface area (Å²) in [7, 11) is -1.94. The number of rotatable bonds is 7. The average Bonchev–Trinajstić information content (AvgIpc) is 3.30. The number of sulfone groups is 1. The minimum Gasteiger partial charge on any atom is -0.323 e. The zero-order valence-corrected chi connectivity index (χ0v) is 19.5. The fourth-order valence-electron chi connectivity index (χ4n) is 3.63. The first-order chi connectivity index (χ1) is 16.2. The molecule has 0 unspecified atom stereocenters. The molecule has 3 heterocycles. The van der Waals surface area contributed by atoms with Gasteiger partial charge in [-0.05, 0) is 43.9 Å². The van der Waals surface area contributed by atoms with Crippen molar-refractivity contribution in [2.24, 2.45) is 0 Å². The van der Waals surface area contributed by atoms with E-state index < -0.39 is 15.7 Å². The maximum absolute atomic E-state index is 14.9. The number of hydrogen-bond acceptors (Lipinski definition) is 9. The Morgan fingerprint density at radius 2 is 2.03 bits per heavy atom. The van der Waals surface area contributed by atoms with Gasteiger partial charge in [0.15, 0.2) is 21.5 Å². The third-order valence-corrected chi connectivity index (χ3v) is 6.61. The van der Waals surface area contributed by atoms with Gasteiger partial charge in [-0.1, -0.05) is 0 Å². The lowest BCUT2D eigenvalue weighted by Gasteiger charge is -2.22. The predicted octanol–water partition coefficient (Wildman–Crippen LogP) is 3.02. The largest absolute Gasteiger partial charge is 0.323 e. The number of nitrogens with one attached hydrogen (secondary N) is 2. The van der Waals surface area contributed by atoms with E-state index in [1.807, 2.05) is 13.0 Å². The molecule has 5 rings (SSSR count). The Labute approximate surface area is 195 Å². The molecule has 0 radical (unpaired) electrons. The van der Waals surface area contributed by atoms with Crippen LogP contribution in [-0.2, 0) is 9.84 Å². The average molecular weight is 484 g/mol. The van der Waals surface area contributed by atoms with Crippen molar-refractivity contribution in [2.75, 3.05) is 23.5 Å². The Morgan fingerprint density at radius 3 is 2.62 bits per heavy atom. The second-order valence-corrected chi connectivity index (χ2v) is 10.2. The van der Waals surface area contributed by atoms with E-state index >= 15 is 0 Å². The number of aromatic amines is 1. The van der Waals surface area contributed by atoms with Crippen molar-refractivity contribution in [3.8, 4) is 5.82 Å². The Balaban J connectivity index is 1.64. The molecule has 0 amide bonds. The highest BCUT2D eigenvalue weighted by atomic mass is 32.2. The molecule has 0 aliphatic heterocycles. The highest BCUT2D eigenvalue weighted by Gasteiger charge is 2.33. The molecule has 2 N–H and O–H groups in total. The lowest BCUT2D eigenvalue weighted by atomic mass is 10.1. The summed E-state index contributed by atoms with van der Waals surface area (Å²) in [5, 5.41) is 14.6. The Kier molecular flexibility index (Phi) is 5.27. The molecule has 1 fully saturated rings. The van der Waals surface area contributed by atoms with Crippen LogP contribution < -0.4 is 10.2 Å². The van der Waals surface area contributed by atoms with Crippen molar-refractivity contribution in [1.29, 1.82) is 0 Å². The number of benzene rings is 1. The number of aromatic nitrogens is 7. The Morgan fingerprint density at radius 1 is 1.24 bits per heavy atom. The molecule has 176 valence electrons. The van der Waals surface area contributed by atoms with Crippen LogP contribution in [-0.4, -0.2) is 56.7 Å². The van der Waals surface area contributed by atoms with Crippen LogP contribution in [0.5, 0.6) is 0 Å². The molecular formula is C21H22FN9O2S. The van der Waals surface area contributed by atoms with Crippen LogP contribution in [0.15, 0.2) is 41.8 Å². The second-order valence-electron chi connectivity index (χ2n) is 8.23. The van der Waals surface area contributed by atoms with E-state index in [-0.39, 0.29) is 22.4 Å². The summed E-state index contributed by atoms with van der Waals surface area (Å²) in [6.45, 7) is 1.89. The van der Waals surface area contributed by atoms with Gasteiger partial charge in [0.1, 0.15) is 24.3 Å². The van der Waals surface area contributed by atoms with Gasteiger partial charge < -0.3 is 10.2 Å². The predicted molar refractivity (Wildman–Crippen MR) is 123 cm³/mol. The van der Waals surface area contributed by atoms with Crippen LogP contribution in [0.2, 0.25) is 0 Å². The van der Waals surface area contributed by atoms with Gasteiger partial charge in [0.2, 0.25) is 5.95 Å². The summed E-state index contributed by atoms with van der Waals surface area (Å²) in [6, 6.07) is 5.58. The van der Waals surface area contributed by atoms with Gasteiger partial charge in [-0.25, -0.2) is 22.5 Å². The normalized spacial score (nSPS) is 13.8. The molecule has 1 aliphatic rings. The van der Waals surface area contributed by atoms with E-state index in [4.69, 9.17) is 9.97 Å². The highest BCUT2D eigenvalue weighted by Crippen LogP contribution is 2.46. The lowest BCUT2D eigenvalue weighted by Crippen LogP contribution is -2.19. The number of aryl methyl sites for hydroxylation is 1. The van der Waals surface area contributed by atoms with Crippen molar-refractivity contribution in [2.45, 2.75) is 30.6 Å². The summed E-state index contributed by atoms with van der Waals surface area (Å²) in [4.78, 5) is 14.8. The van der Waals surface area contributed by atoms with E-state index in [9.17, 15) is 12.8 Å². The van der Waals surface area contributed by atoms with Crippen molar-refractivity contribution < 1.29 is 12.8 Å². The quantitative estimate of drug-likeness (QED) is 0.407. The molecule has 1 saturated carbocycles. The highest BCUT2D eigenvalue weighted by molar-refractivity contribution is 7.90. The molecule has 0 atom stereocenters.